The Balaban J connectivity index is 0.00000208. The van der Waals surface area contributed by atoms with Crippen LogP contribution < -0.4 is 5.73 Å². The van der Waals surface area contributed by atoms with Crippen molar-refractivity contribution in [1.82, 2.24) is 4.90 Å². The molecule has 0 atom stereocenters. The van der Waals surface area contributed by atoms with Crippen molar-refractivity contribution < 1.29 is 4.74 Å². The quantitative estimate of drug-likeness (QED) is 0.409. The molecule has 1 aromatic rings. The molecule has 2 aliphatic rings. The number of thioether (sulfide) groups is 1. The summed E-state index contributed by atoms with van der Waals surface area (Å²) in [6.07, 6.45) is 1.87. The van der Waals surface area contributed by atoms with Crippen molar-refractivity contribution in [3.63, 3.8) is 0 Å². The van der Waals surface area contributed by atoms with Crippen LogP contribution in [-0.2, 0) is 10.2 Å². The zero-order valence-corrected chi connectivity index (χ0v) is 17.7. The van der Waals surface area contributed by atoms with Crippen LogP contribution in [0.2, 0.25) is 5.02 Å². The molecule has 0 aromatic heterocycles. The first-order valence-electron chi connectivity index (χ1n) is 8.17. The van der Waals surface area contributed by atoms with Gasteiger partial charge in [-0.1, -0.05) is 29.8 Å². The Hall–Kier alpha value is -0.180. The minimum Gasteiger partial charge on any atom is -0.381 e. The molecular formula is C17H25ClIN3OS. The molecule has 3 rings (SSSR count). The standard InChI is InChI=1S/C17H24ClN3OS.HI/c18-15-4-2-1-3-14(15)17(5-9-22-10-6-17)13-20-16(19)21-7-11-23-12-8-21;/h1-4H,5-13H2,(H2,19,20);1H. The monoisotopic (exact) mass is 481 g/mol. The van der Waals surface area contributed by atoms with Gasteiger partial charge in [0.2, 0.25) is 0 Å². The van der Waals surface area contributed by atoms with Crippen LogP contribution in [0.5, 0.6) is 0 Å². The molecule has 134 valence electrons. The summed E-state index contributed by atoms with van der Waals surface area (Å²) in [6.45, 7) is 4.15. The van der Waals surface area contributed by atoms with Gasteiger partial charge >= 0.3 is 0 Å². The van der Waals surface area contributed by atoms with Gasteiger partial charge in [-0.25, -0.2) is 0 Å². The molecule has 2 saturated heterocycles. The lowest BCUT2D eigenvalue weighted by Gasteiger charge is -2.37. The molecule has 7 heteroatoms. The molecule has 0 spiro atoms. The smallest absolute Gasteiger partial charge is 0.191 e. The minimum atomic E-state index is -0.0637. The Morgan fingerprint density at radius 3 is 2.58 bits per heavy atom. The third kappa shape index (κ3) is 4.71. The van der Waals surface area contributed by atoms with Crippen LogP contribution in [0.25, 0.3) is 0 Å². The second kappa shape index (κ2) is 9.50. The maximum absolute atomic E-state index is 6.48. The number of hydrogen-bond acceptors (Lipinski definition) is 3. The van der Waals surface area contributed by atoms with Gasteiger partial charge in [-0.3, -0.25) is 4.99 Å². The van der Waals surface area contributed by atoms with E-state index in [1.807, 2.05) is 30.0 Å². The van der Waals surface area contributed by atoms with Crippen molar-refractivity contribution in [2.24, 2.45) is 10.7 Å². The number of nitrogens with zero attached hydrogens (tertiary/aromatic N) is 2. The topological polar surface area (TPSA) is 50.9 Å². The molecule has 4 nitrogen and oxygen atoms in total. The Kier molecular flexibility index (Phi) is 7.97. The second-order valence-electron chi connectivity index (χ2n) is 6.15. The average molecular weight is 482 g/mol. The Morgan fingerprint density at radius 2 is 1.92 bits per heavy atom. The van der Waals surface area contributed by atoms with E-state index < -0.39 is 0 Å². The van der Waals surface area contributed by atoms with Crippen molar-refractivity contribution in [3.8, 4) is 0 Å². The van der Waals surface area contributed by atoms with Gasteiger partial charge in [0.25, 0.3) is 0 Å². The van der Waals surface area contributed by atoms with Gasteiger partial charge in [0.1, 0.15) is 0 Å². The first-order valence-corrected chi connectivity index (χ1v) is 9.70. The number of ether oxygens (including phenoxy) is 1. The zero-order valence-electron chi connectivity index (χ0n) is 13.7. The van der Waals surface area contributed by atoms with Crippen molar-refractivity contribution in [2.75, 3.05) is 44.4 Å². The molecule has 0 unspecified atom stereocenters. The van der Waals surface area contributed by atoms with Gasteiger partial charge < -0.3 is 15.4 Å². The highest BCUT2D eigenvalue weighted by Gasteiger charge is 2.36. The van der Waals surface area contributed by atoms with Crippen LogP contribution in [-0.4, -0.2) is 55.2 Å². The summed E-state index contributed by atoms with van der Waals surface area (Å²) in [5.74, 6) is 2.92. The van der Waals surface area contributed by atoms with E-state index >= 15 is 0 Å². The minimum absolute atomic E-state index is 0. The van der Waals surface area contributed by atoms with Crippen LogP contribution in [0.1, 0.15) is 18.4 Å². The van der Waals surface area contributed by atoms with Gasteiger partial charge in [0.15, 0.2) is 5.96 Å². The van der Waals surface area contributed by atoms with Crippen LogP contribution in [0.15, 0.2) is 29.3 Å². The Labute approximate surface area is 170 Å². The van der Waals surface area contributed by atoms with Crippen molar-refractivity contribution in [3.05, 3.63) is 34.9 Å². The highest BCUT2D eigenvalue weighted by Crippen LogP contribution is 2.38. The van der Waals surface area contributed by atoms with E-state index in [1.54, 1.807) is 0 Å². The molecule has 2 heterocycles. The van der Waals surface area contributed by atoms with E-state index in [4.69, 9.17) is 27.1 Å². The molecule has 1 aromatic carbocycles. The Bertz CT molecular complexity index is 561. The molecule has 0 bridgehead atoms. The predicted molar refractivity (Wildman–Crippen MR) is 114 cm³/mol. The molecule has 2 aliphatic heterocycles. The highest BCUT2D eigenvalue weighted by molar-refractivity contribution is 14.0. The number of hydrogen-bond donors (Lipinski definition) is 1. The molecule has 0 radical (unpaired) electrons. The normalized spacial score (nSPS) is 21.2. The molecule has 2 fully saturated rings. The van der Waals surface area contributed by atoms with E-state index in [0.29, 0.717) is 12.5 Å². The summed E-state index contributed by atoms with van der Waals surface area (Å²) in [5, 5.41) is 0.817. The van der Waals surface area contributed by atoms with Crippen LogP contribution in [0, 0.1) is 0 Å². The lowest BCUT2D eigenvalue weighted by atomic mass is 9.74. The first kappa shape index (κ1) is 20.1. The largest absolute Gasteiger partial charge is 0.381 e. The van der Waals surface area contributed by atoms with E-state index in [-0.39, 0.29) is 29.4 Å². The van der Waals surface area contributed by atoms with Crippen molar-refractivity contribution in [1.29, 1.82) is 0 Å². The second-order valence-corrected chi connectivity index (χ2v) is 7.78. The fraction of sp³-hybridized carbons (Fsp3) is 0.588. The van der Waals surface area contributed by atoms with E-state index in [0.717, 1.165) is 55.7 Å². The molecule has 2 N–H and O–H groups in total. The maximum atomic E-state index is 6.48. The third-order valence-electron chi connectivity index (χ3n) is 4.77. The number of rotatable bonds is 3. The van der Waals surface area contributed by atoms with Gasteiger partial charge in [0.05, 0.1) is 6.54 Å². The molecule has 0 saturated carbocycles. The number of benzene rings is 1. The Morgan fingerprint density at radius 1 is 1.25 bits per heavy atom. The average Bonchev–Trinajstić information content (AvgIpc) is 2.61. The van der Waals surface area contributed by atoms with Gasteiger partial charge in [-0.05, 0) is 24.5 Å². The highest BCUT2D eigenvalue weighted by atomic mass is 127. The lowest BCUT2D eigenvalue weighted by molar-refractivity contribution is 0.0531. The number of halogens is 2. The maximum Gasteiger partial charge on any atom is 0.191 e. The zero-order chi connectivity index (χ0) is 16.1. The van der Waals surface area contributed by atoms with Gasteiger partial charge in [-0.2, -0.15) is 11.8 Å². The van der Waals surface area contributed by atoms with E-state index in [2.05, 4.69) is 11.0 Å². The number of guanidine groups is 1. The van der Waals surface area contributed by atoms with Gasteiger partial charge in [-0.15, -0.1) is 24.0 Å². The van der Waals surface area contributed by atoms with Crippen LogP contribution in [0.3, 0.4) is 0 Å². The summed E-state index contributed by atoms with van der Waals surface area (Å²) in [7, 11) is 0. The van der Waals surface area contributed by atoms with Crippen LogP contribution >= 0.6 is 47.3 Å². The molecule has 24 heavy (non-hydrogen) atoms. The number of aliphatic imine (C=N–C) groups is 1. The lowest BCUT2D eigenvalue weighted by Crippen LogP contribution is -2.44. The fourth-order valence-electron chi connectivity index (χ4n) is 3.29. The SMILES string of the molecule is I.NC(=NCC1(c2ccccc2Cl)CCOCC1)N1CCSCC1. The summed E-state index contributed by atoms with van der Waals surface area (Å²) in [6, 6.07) is 8.11. The predicted octanol–water partition coefficient (Wildman–Crippen LogP) is 3.37. The molecular weight excluding hydrogens is 457 g/mol. The van der Waals surface area contributed by atoms with Crippen LogP contribution in [0.4, 0.5) is 0 Å². The summed E-state index contributed by atoms with van der Waals surface area (Å²) in [4.78, 5) is 6.95. The number of nitrogens with two attached hydrogens (primary N) is 1. The summed E-state index contributed by atoms with van der Waals surface area (Å²) >= 11 is 8.45. The van der Waals surface area contributed by atoms with Crippen molar-refractivity contribution in [2.45, 2.75) is 18.3 Å². The summed E-state index contributed by atoms with van der Waals surface area (Å²) in [5.41, 5.74) is 7.36. The van der Waals surface area contributed by atoms with E-state index in [1.165, 1.54) is 5.56 Å². The summed E-state index contributed by atoms with van der Waals surface area (Å²) < 4.78 is 5.57. The molecule has 0 aliphatic carbocycles. The first-order chi connectivity index (χ1) is 11.2. The van der Waals surface area contributed by atoms with Gasteiger partial charge in [0, 0.05) is 48.2 Å². The molecule has 0 amide bonds. The fourth-order valence-corrected chi connectivity index (χ4v) is 4.53. The van der Waals surface area contributed by atoms with E-state index in [9.17, 15) is 0 Å². The third-order valence-corrected chi connectivity index (χ3v) is 6.05. The van der Waals surface area contributed by atoms with Crippen molar-refractivity contribution >= 4 is 53.3 Å².